The van der Waals surface area contributed by atoms with Crippen molar-refractivity contribution in [2.75, 3.05) is 20.1 Å². The molecule has 0 saturated carbocycles. The number of carbonyl (C=O) groups excluding carboxylic acids is 2. The van der Waals surface area contributed by atoms with Crippen LogP contribution in [-0.2, 0) is 22.6 Å². The van der Waals surface area contributed by atoms with Crippen LogP contribution < -0.4 is 0 Å². The Morgan fingerprint density at radius 2 is 1.87 bits per heavy atom. The normalized spacial score (nSPS) is 16.5. The number of piperidine rings is 1. The lowest BCUT2D eigenvalue weighted by atomic mass is 9.95. The second-order valence-corrected chi connectivity index (χ2v) is 8.29. The monoisotopic (exact) mass is 418 g/mol. The van der Waals surface area contributed by atoms with Crippen LogP contribution in [-0.4, -0.2) is 41.8 Å². The molecule has 160 valence electrons. The number of benzene rings is 3. The molecule has 1 atom stereocenters. The van der Waals surface area contributed by atoms with Crippen LogP contribution in [0.15, 0.2) is 66.7 Å². The number of halogens is 1. The van der Waals surface area contributed by atoms with E-state index in [1.165, 1.54) is 12.1 Å². The standard InChI is InChI=1S/C26H27FN2O2/c1-28(17-21-9-5-8-20-7-2-3-11-24(20)21)26(31)22-12-13-25(30)29(18-22)15-14-19-6-4-10-23(27)16-19/h2-11,16,22H,12-15,17-18H2,1H3/t22-/m1/s1. The Kier molecular flexibility index (Phi) is 6.31. The zero-order valence-corrected chi connectivity index (χ0v) is 17.8. The van der Waals surface area contributed by atoms with Gasteiger partial charge in [0, 0.05) is 33.1 Å². The lowest BCUT2D eigenvalue weighted by molar-refractivity contribution is -0.142. The summed E-state index contributed by atoms with van der Waals surface area (Å²) in [7, 11) is 1.83. The predicted octanol–water partition coefficient (Wildman–Crippen LogP) is 4.42. The van der Waals surface area contributed by atoms with Crippen LogP contribution in [0.2, 0.25) is 0 Å². The summed E-state index contributed by atoms with van der Waals surface area (Å²) < 4.78 is 13.4. The average Bonchev–Trinajstić information content (AvgIpc) is 2.78. The first-order chi connectivity index (χ1) is 15.0. The highest BCUT2D eigenvalue weighted by molar-refractivity contribution is 5.87. The molecule has 0 radical (unpaired) electrons. The fourth-order valence-electron chi connectivity index (χ4n) is 4.36. The molecule has 5 heteroatoms. The van der Waals surface area contributed by atoms with Crippen molar-refractivity contribution < 1.29 is 14.0 Å². The molecule has 2 amide bonds. The number of nitrogens with zero attached hydrogens (tertiary/aromatic N) is 2. The highest BCUT2D eigenvalue weighted by Crippen LogP contribution is 2.23. The molecule has 1 aliphatic rings. The highest BCUT2D eigenvalue weighted by atomic mass is 19.1. The molecule has 0 N–H and O–H groups in total. The van der Waals surface area contributed by atoms with Crippen molar-refractivity contribution in [3.63, 3.8) is 0 Å². The molecule has 3 aromatic carbocycles. The Labute approximate surface area is 182 Å². The smallest absolute Gasteiger partial charge is 0.227 e. The van der Waals surface area contributed by atoms with Crippen molar-refractivity contribution in [1.29, 1.82) is 0 Å². The van der Waals surface area contributed by atoms with Crippen molar-refractivity contribution in [3.05, 3.63) is 83.7 Å². The number of rotatable bonds is 6. The molecule has 0 aliphatic carbocycles. The number of hydrogen-bond donors (Lipinski definition) is 0. The molecule has 4 rings (SSSR count). The summed E-state index contributed by atoms with van der Waals surface area (Å²) >= 11 is 0. The molecule has 1 saturated heterocycles. The summed E-state index contributed by atoms with van der Waals surface area (Å²) in [5, 5.41) is 2.31. The summed E-state index contributed by atoms with van der Waals surface area (Å²) in [5.41, 5.74) is 1.97. The molecule has 3 aromatic rings. The summed E-state index contributed by atoms with van der Waals surface area (Å²) in [5.74, 6) is -0.343. The van der Waals surface area contributed by atoms with E-state index in [0.717, 1.165) is 21.9 Å². The Morgan fingerprint density at radius 1 is 1.10 bits per heavy atom. The number of carbonyl (C=O) groups is 2. The maximum Gasteiger partial charge on any atom is 0.227 e. The summed E-state index contributed by atoms with van der Waals surface area (Å²) in [6, 6.07) is 20.8. The lowest BCUT2D eigenvalue weighted by Crippen LogP contribution is -2.46. The molecule has 0 spiro atoms. The van der Waals surface area contributed by atoms with E-state index in [9.17, 15) is 14.0 Å². The van der Waals surface area contributed by atoms with E-state index in [-0.39, 0.29) is 23.5 Å². The van der Waals surface area contributed by atoms with Gasteiger partial charge < -0.3 is 9.80 Å². The van der Waals surface area contributed by atoms with E-state index in [1.54, 1.807) is 15.9 Å². The summed E-state index contributed by atoms with van der Waals surface area (Å²) in [4.78, 5) is 29.1. The van der Waals surface area contributed by atoms with Crippen LogP contribution in [0.25, 0.3) is 10.8 Å². The molecule has 1 fully saturated rings. The zero-order chi connectivity index (χ0) is 21.8. The van der Waals surface area contributed by atoms with Gasteiger partial charge in [-0.15, -0.1) is 0 Å². The minimum absolute atomic E-state index is 0.0659. The molecule has 0 bridgehead atoms. The molecule has 4 nitrogen and oxygen atoms in total. The third kappa shape index (κ3) is 4.93. The minimum Gasteiger partial charge on any atom is -0.342 e. The van der Waals surface area contributed by atoms with Gasteiger partial charge in [0.15, 0.2) is 0 Å². The first-order valence-electron chi connectivity index (χ1n) is 10.7. The van der Waals surface area contributed by atoms with Crippen molar-refractivity contribution in [3.8, 4) is 0 Å². The zero-order valence-electron chi connectivity index (χ0n) is 17.8. The molecule has 0 aromatic heterocycles. The van der Waals surface area contributed by atoms with Crippen LogP contribution in [0.4, 0.5) is 4.39 Å². The van der Waals surface area contributed by atoms with Crippen LogP contribution in [0, 0.1) is 11.7 Å². The van der Waals surface area contributed by atoms with Gasteiger partial charge in [-0.05, 0) is 46.9 Å². The largest absolute Gasteiger partial charge is 0.342 e. The fourth-order valence-corrected chi connectivity index (χ4v) is 4.36. The van der Waals surface area contributed by atoms with Gasteiger partial charge in [0.05, 0.1) is 5.92 Å². The van der Waals surface area contributed by atoms with E-state index in [1.807, 2.05) is 31.3 Å². The highest BCUT2D eigenvalue weighted by Gasteiger charge is 2.31. The fraction of sp³-hybridized carbons (Fsp3) is 0.308. The number of likely N-dealkylation sites (tertiary alicyclic amines) is 1. The van der Waals surface area contributed by atoms with Crippen molar-refractivity contribution in [2.24, 2.45) is 5.92 Å². The Hall–Kier alpha value is -3.21. The maximum absolute atomic E-state index is 13.4. The van der Waals surface area contributed by atoms with Gasteiger partial charge in [0.2, 0.25) is 11.8 Å². The van der Waals surface area contributed by atoms with Gasteiger partial charge in [0.1, 0.15) is 5.82 Å². The third-order valence-electron chi connectivity index (χ3n) is 6.07. The van der Waals surface area contributed by atoms with E-state index in [0.29, 0.717) is 38.9 Å². The third-order valence-corrected chi connectivity index (χ3v) is 6.07. The summed E-state index contributed by atoms with van der Waals surface area (Å²) in [6.07, 6.45) is 1.53. The van der Waals surface area contributed by atoms with Crippen molar-refractivity contribution in [2.45, 2.75) is 25.8 Å². The molecule has 1 aliphatic heterocycles. The van der Waals surface area contributed by atoms with Crippen molar-refractivity contribution >= 4 is 22.6 Å². The average molecular weight is 419 g/mol. The van der Waals surface area contributed by atoms with Crippen molar-refractivity contribution in [1.82, 2.24) is 9.80 Å². The Bertz CT molecular complexity index is 1090. The van der Waals surface area contributed by atoms with Gasteiger partial charge >= 0.3 is 0 Å². The predicted molar refractivity (Wildman–Crippen MR) is 120 cm³/mol. The lowest BCUT2D eigenvalue weighted by Gasteiger charge is -2.34. The first-order valence-corrected chi connectivity index (χ1v) is 10.7. The van der Waals surface area contributed by atoms with Gasteiger partial charge in [-0.25, -0.2) is 4.39 Å². The van der Waals surface area contributed by atoms with Gasteiger partial charge in [-0.3, -0.25) is 9.59 Å². The van der Waals surface area contributed by atoms with E-state index in [2.05, 4.69) is 24.3 Å². The maximum atomic E-state index is 13.4. The topological polar surface area (TPSA) is 40.6 Å². The molecular formula is C26H27FN2O2. The quantitative estimate of drug-likeness (QED) is 0.595. The van der Waals surface area contributed by atoms with E-state index >= 15 is 0 Å². The van der Waals surface area contributed by atoms with Crippen LogP contribution in [0.3, 0.4) is 0 Å². The first kappa shape index (κ1) is 21.0. The number of amides is 2. The Morgan fingerprint density at radius 3 is 2.71 bits per heavy atom. The van der Waals surface area contributed by atoms with Gasteiger partial charge in [-0.2, -0.15) is 0 Å². The van der Waals surface area contributed by atoms with E-state index in [4.69, 9.17) is 0 Å². The SMILES string of the molecule is CN(Cc1cccc2ccccc12)C(=O)[C@@H]1CCC(=O)N(CCc2cccc(F)c2)C1. The van der Waals surface area contributed by atoms with E-state index < -0.39 is 0 Å². The van der Waals surface area contributed by atoms with Crippen LogP contribution >= 0.6 is 0 Å². The van der Waals surface area contributed by atoms with Gasteiger partial charge in [0.25, 0.3) is 0 Å². The molecule has 1 heterocycles. The van der Waals surface area contributed by atoms with Crippen LogP contribution in [0.5, 0.6) is 0 Å². The molecule has 31 heavy (non-hydrogen) atoms. The Balaban J connectivity index is 1.40. The molecular weight excluding hydrogens is 391 g/mol. The minimum atomic E-state index is -0.273. The summed E-state index contributed by atoms with van der Waals surface area (Å²) in [6.45, 7) is 1.46. The number of fused-ring (bicyclic) bond motifs is 1. The molecule has 0 unspecified atom stereocenters. The van der Waals surface area contributed by atoms with Gasteiger partial charge in [-0.1, -0.05) is 54.6 Å². The van der Waals surface area contributed by atoms with Crippen LogP contribution in [0.1, 0.15) is 24.0 Å². The second kappa shape index (κ2) is 9.29. The number of hydrogen-bond acceptors (Lipinski definition) is 2. The second-order valence-electron chi connectivity index (χ2n) is 8.29.